The van der Waals surface area contributed by atoms with Gasteiger partial charge in [-0.15, -0.1) is 0 Å². The summed E-state index contributed by atoms with van der Waals surface area (Å²) in [6, 6.07) is 0. The third kappa shape index (κ3) is 3.33. The molecule has 0 amide bonds. The van der Waals surface area contributed by atoms with E-state index in [9.17, 15) is 0 Å². The smallest absolute Gasteiger partial charge is 0.106 e. The van der Waals surface area contributed by atoms with Crippen LogP contribution in [0.1, 0.15) is 26.7 Å². The highest BCUT2D eigenvalue weighted by molar-refractivity contribution is 5.47. The molecule has 112 valence electrons. The molecule has 2 heteroatoms. The lowest BCUT2D eigenvalue weighted by molar-refractivity contribution is -0.0979. The van der Waals surface area contributed by atoms with Crippen molar-refractivity contribution in [1.29, 1.82) is 0 Å². The zero-order valence-corrected chi connectivity index (χ0v) is 13.2. The van der Waals surface area contributed by atoms with E-state index < -0.39 is 0 Å². The Bertz CT molecular complexity index is 534. The first kappa shape index (κ1) is 17.0. The molecular formula is C19H25NO. The maximum atomic E-state index is 8.00. The van der Waals surface area contributed by atoms with Crippen molar-refractivity contribution >= 4 is 6.79 Å². The number of carbonyl (C=O) groups excluding carboxylic acids is 1. The number of hydrogen-bond donors (Lipinski definition) is 0. The average Bonchev–Trinajstić information content (AvgIpc) is 2.94. The average molecular weight is 283 g/mol. The highest BCUT2D eigenvalue weighted by Crippen LogP contribution is 2.37. The first-order valence-electron chi connectivity index (χ1n) is 7.24. The summed E-state index contributed by atoms with van der Waals surface area (Å²) in [6.07, 6.45) is 10.5. The van der Waals surface area contributed by atoms with Crippen LogP contribution in [0, 0.1) is 5.92 Å². The second kappa shape index (κ2) is 7.63. The Morgan fingerprint density at radius 1 is 1.43 bits per heavy atom. The van der Waals surface area contributed by atoms with Crippen LogP contribution < -0.4 is 0 Å². The molecule has 21 heavy (non-hydrogen) atoms. The first-order valence-corrected chi connectivity index (χ1v) is 7.24. The molecule has 0 saturated heterocycles. The van der Waals surface area contributed by atoms with E-state index in [1.54, 1.807) is 0 Å². The minimum absolute atomic E-state index is 0.523. The second-order valence-corrected chi connectivity index (χ2v) is 5.19. The van der Waals surface area contributed by atoms with Crippen molar-refractivity contribution < 1.29 is 4.79 Å². The Morgan fingerprint density at radius 2 is 2.10 bits per heavy atom. The molecule has 0 aliphatic carbocycles. The molecule has 0 aromatic carbocycles. The lowest BCUT2D eigenvalue weighted by atomic mass is 9.90. The molecule has 2 heterocycles. The van der Waals surface area contributed by atoms with Crippen LogP contribution in [-0.4, -0.2) is 18.2 Å². The number of fused-ring (bicyclic) bond motifs is 2. The van der Waals surface area contributed by atoms with E-state index in [4.69, 9.17) is 4.79 Å². The highest BCUT2D eigenvalue weighted by atomic mass is 16.1. The number of rotatable bonds is 4. The fourth-order valence-corrected chi connectivity index (χ4v) is 3.02. The van der Waals surface area contributed by atoms with Crippen LogP contribution in [0.3, 0.4) is 0 Å². The zero-order valence-electron chi connectivity index (χ0n) is 13.2. The van der Waals surface area contributed by atoms with E-state index in [1.165, 1.54) is 22.4 Å². The molecule has 0 saturated carbocycles. The summed E-state index contributed by atoms with van der Waals surface area (Å²) >= 11 is 0. The van der Waals surface area contributed by atoms with Gasteiger partial charge in [-0.05, 0) is 42.1 Å². The second-order valence-electron chi connectivity index (χ2n) is 5.19. The van der Waals surface area contributed by atoms with Gasteiger partial charge in [0.05, 0.1) is 0 Å². The van der Waals surface area contributed by atoms with E-state index in [-0.39, 0.29) is 0 Å². The number of allylic oxidation sites excluding steroid dienone is 7. The summed E-state index contributed by atoms with van der Waals surface area (Å²) < 4.78 is 0. The lowest BCUT2D eigenvalue weighted by Crippen LogP contribution is -2.20. The summed E-state index contributed by atoms with van der Waals surface area (Å²) in [5, 5.41) is 0. The van der Waals surface area contributed by atoms with Crippen molar-refractivity contribution in [2.75, 3.05) is 6.54 Å². The molecule has 0 aromatic heterocycles. The predicted octanol–water partition coefficient (Wildman–Crippen LogP) is 4.56. The standard InChI is InChI=1S/C18H23N.CH2O/c1-6-13(4)17-12-19-11-16(17)10-9-15(7-2)14(5)18(19)8-3;1-2/h6-7,9,12,16H,1-2,4,8,10-11H2,3,5H3;1H2/b15-9-,18-14-;. The van der Waals surface area contributed by atoms with Gasteiger partial charge in [-0.1, -0.05) is 44.9 Å². The van der Waals surface area contributed by atoms with Gasteiger partial charge in [0.2, 0.25) is 0 Å². The fourth-order valence-electron chi connectivity index (χ4n) is 3.02. The first-order chi connectivity index (χ1) is 10.1. The molecule has 2 aliphatic heterocycles. The minimum Gasteiger partial charge on any atom is -0.350 e. The normalized spacial score (nSPS) is 26.4. The Morgan fingerprint density at radius 3 is 2.62 bits per heavy atom. The van der Waals surface area contributed by atoms with Crippen LogP contribution in [0.4, 0.5) is 0 Å². The van der Waals surface area contributed by atoms with E-state index in [0.717, 1.165) is 25.0 Å². The van der Waals surface area contributed by atoms with Gasteiger partial charge in [-0.25, -0.2) is 0 Å². The molecule has 0 spiro atoms. The zero-order chi connectivity index (χ0) is 16.0. The number of nitrogens with zero attached hydrogens (tertiary/aromatic N) is 1. The van der Waals surface area contributed by atoms with Gasteiger partial charge in [0, 0.05) is 24.4 Å². The van der Waals surface area contributed by atoms with Gasteiger partial charge in [0.25, 0.3) is 0 Å². The largest absolute Gasteiger partial charge is 0.350 e. The van der Waals surface area contributed by atoms with Crippen LogP contribution in [0.5, 0.6) is 0 Å². The molecule has 2 rings (SSSR count). The summed E-state index contributed by atoms with van der Waals surface area (Å²) in [4.78, 5) is 10.4. The van der Waals surface area contributed by atoms with Gasteiger partial charge < -0.3 is 9.69 Å². The predicted molar refractivity (Wildman–Crippen MR) is 90.6 cm³/mol. The Balaban J connectivity index is 0.00000106. The number of hydrogen-bond acceptors (Lipinski definition) is 2. The monoisotopic (exact) mass is 283 g/mol. The van der Waals surface area contributed by atoms with Crippen LogP contribution in [0.25, 0.3) is 0 Å². The van der Waals surface area contributed by atoms with Crippen LogP contribution >= 0.6 is 0 Å². The lowest BCUT2D eigenvalue weighted by Gasteiger charge is -2.25. The van der Waals surface area contributed by atoms with Crippen molar-refractivity contribution in [3.8, 4) is 0 Å². The van der Waals surface area contributed by atoms with Crippen LogP contribution in [0.2, 0.25) is 0 Å². The molecule has 0 fully saturated rings. The molecule has 2 aliphatic rings. The minimum atomic E-state index is 0.523. The van der Waals surface area contributed by atoms with Gasteiger partial charge in [0.1, 0.15) is 6.79 Å². The van der Waals surface area contributed by atoms with Gasteiger partial charge in [0.15, 0.2) is 0 Å². The van der Waals surface area contributed by atoms with Crippen molar-refractivity contribution in [3.05, 3.63) is 72.2 Å². The van der Waals surface area contributed by atoms with Crippen molar-refractivity contribution in [2.24, 2.45) is 5.92 Å². The van der Waals surface area contributed by atoms with Gasteiger partial charge in [-0.3, -0.25) is 0 Å². The third-order valence-electron chi connectivity index (χ3n) is 4.16. The summed E-state index contributed by atoms with van der Waals surface area (Å²) in [5.74, 6) is 0.523. The third-order valence-corrected chi connectivity index (χ3v) is 4.16. The molecule has 1 atom stereocenters. The van der Waals surface area contributed by atoms with Crippen LogP contribution in [0.15, 0.2) is 72.2 Å². The molecule has 2 bridgehead atoms. The molecule has 0 N–H and O–H groups in total. The highest BCUT2D eigenvalue weighted by Gasteiger charge is 2.28. The van der Waals surface area contributed by atoms with Crippen LogP contribution in [-0.2, 0) is 4.79 Å². The van der Waals surface area contributed by atoms with E-state index >= 15 is 0 Å². The molecule has 0 aromatic rings. The van der Waals surface area contributed by atoms with E-state index in [0.29, 0.717) is 5.92 Å². The van der Waals surface area contributed by atoms with Gasteiger partial charge in [-0.2, -0.15) is 0 Å². The maximum Gasteiger partial charge on any atom is 0.106 e. The number of carbonyl (C=O) groups is 1. The summed E-state index contributed by atoms with van der Waals surface area (Å²) in [7, 11) is 0. The van der Waals surface area contributed by atoms with E-state index in [2.05, 4.69) is 50.8 Å². The summed E-state index contributed by atoms with van der Waals surface area (Å²) in [6.45, 7) is 19.4. The van der Waals surface area contributed by atoms with E-state index in [1.807, 2.05) is 18.9 Å². The molecule has 0 radical (unpaired) electrons. The maximum absolute atomic E-state index is 8.00. The Hall–Kier alpha value is -2.09. The SMILES string of the molecule is C=CC(=C)C1=CN2CC1C/C=C(C=C)\C(C)=C/2CC.C=O. The van der Waals surface area contributed by atoms with Gasteiger partial charge >= 0.3 is 0 Å². The fraction of sp³-hybridized carbons (Fsp3) is 0.316. The van der Waals surface area contributed by atoms with Crippen molar-refractivity contribution in [3.63, 3.8) is 0 Å². The molecular weight excluding hydrogens is 258 g/mol. The molecule has 1 unspecified atom stereocenters. The van der Waals surface area contributed by atoms with Crippen molar-refractivity contribution in [2.45, 2.75) is 26.7 Å². The molecule has 2 nitrogen and oxygen atoms in total. The Kier molecular flexibility index (Phi) is 6.16. The quantitative estimate of drug-likeness (QED) is 0.705. The Labute approximate surface area is 128 Å². The summed E-state index contributed by atoms with van der Waals surface area (Å²) in [5.41, 5.74) is 6.39. The van der Waals surface area contributed by atoms with Crippen molar-refractivity contribution in [1.82, 2.24) is 4.90 Å². The topological polar surface area (TPSA) is 20.3 Å².